The van der Waals surface area contributed by atoms with E-state index in [0.717, 1.165) is 37.7 Å². The lowest BCUT2D eigenvalue weighted by Crippen LogP contribution is -2.36. The number of carbonyl (C=O) groups excluding carboxylic acids is 1. The molecule has 1 aliphatic rings. The molecule has 0 radical (unpaired) electrons. The van der Waals surface area contributed by atoms with E-state index in [-0.39, 0.29) is 12.5 Å². The maximum atomic E-state index is 13.0. The lowest BCUT2D eigenvalue weighted by atomic mass is 10.1. The predicted molar refractivity (Wildman–Crippen MR) is 120 cm³/mol. The Hall–Kier alpha value is -2.38. The highest BCUT2D eigenvalue weighted by molar-refractivity contribution is 7.89. The predicted octanol–water partition coefficient (Wildman–Crippen LogP) is 3.33. The van der Waals surface area contributed by atoms with E-state index in [1.165, 1.54) is 5.56 Å². The molecule has 6 nitrogen and oxygen atoms in total. The van der Waals surface area contributed by atoms with E-state index in [1.807, 2.05) is 24.3 Å². The Morgan fingerprint density at radius 2 is 1.77 bits per heavy atom. The van der Waals surface area contributed by atoms with Crippen LogP contribution in [0.3, 0.4) is 0 Å². The summed E-state index contributed by atoms with van der Waals surface area (Å²) in [6, 6.07) is 15.4. The molecule has 1 aliphatic heterocycles. The fourth-order valence-electron chi connectivity index (χ4n) is 3.64. The maximum Gasteiger partial charge on any atom is 0.243 e. The van der Waals surface area contributed by atoms with Crippen LogP contribution in [0, 0.1) is 6.92 Å². The summed E-state index contributed by atoms with van der Waals surface area (Å²) >= 11 is 0. The summed E-state index contributed by atoms with van der Waals surface area (Å²) in [6.45, 7) is 3.67. The molecule has 0 unspecified atom stereocenters. The lowest BCUT2D eigenvalue weighted by molar-refractivity contribution is -0.119. The van der Waals surface area contributed by atoms with Crippen LogP contribution in [0.4, 0.5) is 5.69 Å². The number of hydrogen-bond donors (Lipinski definition) is 2. The van der Waals surface area contributed by atoms with E-state index in [9.17, 15) is 13.2 Å². The number of anilines is 1. The Kier molecular flexibility index (Phi) is 7.87. The van der Waals surface area contributed by atoms with Gasteiger partial charge in [-0.05, 0) is 55.9 Å². The molecular weight excluding hydrogens is 398 g/mol. The smallest absolute Gasteiger partial charge is 0.243 e. The molecule has 0 aliphatic carbocycles. The standard InChI is InChI=1S/C23H31N3O3S/c1-19-12-13-21(17-22(19)30(28,29)26-15-6-3-7-16-26)25-18-23(27)24-14-8-11-20-9-4-2-5-10-20/h2,4-5,9-10,12-13,17,25H,3,6-8,11,14-16,18H2,1H3,(H,24,27). The SMILES string of the molecule is Cc1ccc(NCC(=O)NCCCc2ccccc2)cc1S(=O)(=O)N1CCCCC1. The molecule has 0 bridgehead atoms. The van der Waals surface area contributed by atoms with Gasteiger partial charge in [0.15, 0.2) is 0 Å². The molecule has 0 saturated carbocycles. The second-order valence-electron chi connectivity index (χ2n) is 7.74. The van der Waals surface area contributed by atoms with Gasteiger partial charge in [0.2, 0.25) is 15.9 Å². The molecule has 2 N–H and O–H groups in total. The molecule has 30 heavy (non-hydrogen) atoms. The van der Waals surface area contributed by atoms with Gasteiger partial charge >= 0.3 is 0 Å². The zero-order chi connectivity index (χ0) is 21.4. The topological polar surface area (TPSA) is 78.5 Å². The second-order valence-corrected chi connectivity index (χ2v) is 9.64. The van der Waals surface area contributed by atoms with Crippen molar-refractivity contribution in [2.45, 2.75) is 43.9 Å². The Morgan fingerprint density at radius 3 is 2.50 bits per heavy atom. The number of nitrogens with one attached hydrogen (secondary N) is 2. The number of carbonyl (C=O) groups is 1. The second kappa shape index (κ2) is 10.6. The summed E-state index contributed by atoms with van der Waals surface area (Å²) in [5, 5.41) is 5.95. The number of hydrogen-bond acceptors (Lipinski definition) is 4. The van der Waals surface area contributed by atoms with E-state index in [4.69, 9.17) is 0 Å². The third-order valence-electron chi connectivity index (χ3n) is 5.38. The summed E-state index contributed by atoms with van der Waals surface area (Å²) in [5.74, 6) is -0.107. The molecule has 1 amide bonds. The minimum absolute atomic E-state index is 0.107. The summed E-state index contributed by atoms with van der Waals surface area (Å²) in [7, 11) is -3.50. The van der Waals surface area contributed by atoms with E-state index in [0.29, 0.717) is 30.2 Å². The Labute approximate surface area is 179 Å². The molecule has 7 heteroatoms. The molecule has 1 fully saturated rings. The highest BCUT2D eigenvalue weighted by Crippen LogP contribution is 2.25. The molecule has 1 saturated heterocycles. The Balaban J connectivity index is 1.50. The number of benzene rings is 2. The zero-order valence-electron chi connectivity index (χ0n) is 17.6. The monoisotopic (exact) mass is 429 g/mol. The van der Waals surface area contributed by atoms with Crippen LogP contribution in [0.5, 0.6) is 0 Å². The summed E-state index contributed by atoms with van der Waals surface area (Å²) in [5.41, 5.74) is 2.61. The fourth-order valence-corrected chi connectivity index (χ4v) is 5.41. The number of sulfonamides is 1. The number of nitrogens with zero attached hydrogens (tertiary/aromatic N) is 1. The average Bonchev–Trinajstić information content (AvgIpc) is 2.77. The van der Waals surface area contributed by atoms with Crippen LogP contribution in [0.2, 0.25) is 0 Å². The number of piperidine rings is 1. The Bertz CT molecular complexity index is 939. The van der Waals surface area contributed by atoms with Crippen molar-refractivity contribution in [3.63, 3.8) is 0 Å². The van der Waals surface area contributed by atoms with Gasteiger partial charge in [-0.3, -0.25) is 4.79 Å². The first-order chi connectivity index (χ1) is 14.5. The van der Waals surface area contributed by atoms with Crippen molar-refractivity contribution >= 4 is 21.6 Å². The molecule has 162 valence electrons. The molecule has 0 spiro atoms. The van der Waals surface area contributed by atoms with Crippen LogP contribution in [0.25, 0.3) is 0 Å². The van der Waals surface area contributed by atoms with Gasteiger partial charge < -0.3 is 10.6 Å². The summed E-state index contributed by atoms with van der Waals surface area (Å²) in [6.07, 6.45) is 4.68. The van der Waals surface area contributed by atoms with Crippen LogP contribution in [-0.4, -0.2) is 44.8 Å². The van der Waals surface area contributed by atoms with Crippen LogP contribution in [0.15, 0.2) is 53.4 Å². The van der Waals surface area contributed by atoms with Crippen molar-refractivity contribution in [2.24, 2.45) is 0 Å². The number of aryl methyl sites for hydroxylation is 2. The third-order valence-corrected chi connectivity index (χ3v) is 7.42. The van der Waals surface area contributed by atoms with Gasteiger partial charge in [0.1, 0.15) is 0 Å². The van der Waals surface area contributed by atoms with Crippen molar-refractivity contribution in [3.8, 4) is 0 Å². The highest BCUT2D eigenvalue weighted by Gasteiger charge is 2.27. The normalized spacial score (nSPS) is 15.0. The minimum atomic E-state index is -3.50. The average molecular weight is 430 g/mol. The largest absolute Gasteiger partial charge is 0.376 e. The zero-order valence-corrected chi connectivity index (χ0v) is 18.4. The van der Waals surface area contributed by atoms with Gasteiger partial charge in [-0.25, -0.2) is 8.42 Å². The summed E-state index contributed by atoms with van der Waals surface area (Å²) in [4.78, 5) is 12.4. The van der Waals surface area contributed by atoms with E-state index < -0.39 is 10.0 Å². The van der Waals surface area contributed by atoms with E-state index >= 15 is 0 Å². The van der Waals surface area contributed by atoms with E-state index in [1.54, 1.807) is 23.4 Å². The number of rotatable bonds is 9. The summed E-state index contributed by atoms with van der Waals surface area (Å²) < 4.78 is 27.6. The van der Waals surface area contributed by atoms with Crippen molar-refractivity contribution in [3.05, 3.63) is 59.7 Å². The minimum Gasteiger partial charge on any atom is -0.376 e. The molecular formula is C23H31N3O3S. The fraction of sp³-hybridized carbons (Fsp3) is 0.435. The third kappa shape index (κ3) is 6.06. The molecule has 1 heterocycles. The van der Waals surface area contributed by atoms with Gasteiger partial charge in [0.05, 0.1) is 11.4 Å². The first kappa shape index (κ1) is 22.3. The lowest BCUT2D eigenvalue weighted by Gasteiger charge is -2.26. The van der Waals surface area contributed by atoms with E-state index in [2.05, 4.69) is 22.8 Å². The van der Waals surface area contributed by atoms with Crippen LogP contribution < -0.4 is 10.6 Å². The molecule has 2 aromatic rings. The van der Waals surface area contributed by atoms with Gasteiger partial charge in [0.25, 0.3) is 0 Å². The van der Waals surface area contributed by atoms with Crippen LogP contribution in [0.1, 0.15) is 36.8 Å². The van der Waals surface area contributed by atoms with Gasteiger partial charge in [0, 0.05) is 25.3 Å². The van der Waals surface area contributed by atoms with Gasteiger partial charge in [-0.2, -0.15) is 4.31 Å². The first-order valence-electron chi connectivity index (χ1n) is 10.6. The highest BCUT2D eigenvalue weighted by atomic mass is 32.2. The van der Waals surface area contributed by atoms with Crippen molar-refractivity contribution < 1.29 is 13.2 Å². The molecule has 0 atom stereocenters. The van der Waals surface area contributed by atoms with Gasteiger partial charge in [-0.1, -0.05) is 42.8 Å². The molecule has 0 aromatic heterocycles. The van der Waals surface area contributed by atoms with Crippen LogP contribution in [-0.2, 0) is 21.2 Å². The van der Waals surface area contributed by atoms with Crippen molar-refractivity contribution in [2.75, 3.05) is 31.5 Å². The quantitative estimate of drug-likeness (QED) is 0.600. The maximum absolute atomic E-state index is 13.0. The molecule has 3 rings (SSSR count). The molecule has 2 aromatic carbocycles. The van der Waals surface area contributed by atoms with Crippen LogP contribution >= 0.6 is 0 Å². The van der Waals surface area contributed by atoms with Gasteiger partial charge in [-0.15, -0.1) is 0 Å². The Morgan fingerprint density at radius 1 is 1.03 bits per heavy atom. The number of amides is 1. The first-order valence-corrected chi connectivity index (χ1v) is 12.1. The van der Waals surface area contributed by atoms with Crippen molar-refractivity contribution in [1.82, 2.24) is 9.62 Å². The van der Waals surface area contributed by atoms with Crippen molar-refractivity contribution in [1.29, 1.82) is 0 Å².